The first-order chi connectivity index (χ1) is 10.8. The highest BCUT2D eigenvalue weighted by molar-refractivity contribution is 5.88. The average Bonchev–Trinajstić information content (AvgIpc) is 3.22. The van der Waals surface area contributed by atoms with E-state index >= 15 is 0 Å². The van der Waals surface area contributed by atoms with Gasteiger partial charge in [-0.05, 0) is 36.1 Å². The van der Waals surface area contributed by atoms with E-state index in [1.807, 2.05) is 24.4 Å². The lowest BCUT2D eigenvalue weighted by Gasteiger charge is -2.13. The van der Waals surface area contributed by atoms with Crippen molar-refractivity contribution in [2.24, 2.45) is 4.99 Å². The van der Waals surface area contributed by atoms with E-state index in [4.69, 9.17) is 4.74 Å². The number of rotatable bonds is 5. The molecule has 0 bridgehead atoms. The van der Waals surface area contributed by atoms with Crippen LogP contribution in [-0.4, -0.2) is 29.3 Å². The molecule has 1 aromatic carbocycles. The standard InChI is InChI=1S/C16H17N5O/c1-22-14-5-11-8-17-7-10(11)4-13(14)21-16-6-15(18-9-19-16)20-12-2-3-12/h4-7,9,12H,2-3,8H2,1H3,(H2,18,19,20,21). The molecule has 0 radical (unpaired) electrons. The smallest absolute Gasteiger partial charge is 0.142 e. The van der Waals surface area contributed by atoms with Gasteiger partial charge in [-0.2, -0.15) is 0 Å². The van der Waals surface area contributed by atoms with Crippen LogP contribution in [0.15, 0.2) is 29.5 Å². The third-order valence-electron chi connectivity index (χ3n) is 3.81. The molecule has 1 aromatic heterocycles. The summed E-state index contributed by atoms with van der Waals surface area (Å²) in [7, 11) is 1.67. The molecule has 2 aromatic rings. The van der Waals surface area contributed by atoms with E-state index in [9.17, 15) is 0 Å². The minimum absolute atomic E-state index is 0.563. The molecule has 4 rings (SSSR count). The number of hydrogen-bond acceptors (Lipinski definition) is 6. The minimum Gasteiger partial charge on any atom is -0.495 e. The molecule has 2 heterocycles. The zero-order chi connectivity index (χ0) is 14.9. The van der Waals surface area contributed by atoms with E-state index in [-0.39, 0.29) is 0 Å². The molecule has 1 fully saturated rings. The van der Waals surface area contributed by atoms with Crippen molar-refractivity contribution in [2.45, 2.75) is 25.4 Å². The summed E-state index contributed by atoms with van der Waals surface area (Å²) < 4.78 is 5.47. The van der Waals surface area contributed by atoms with Gasteiger partial charge in [0.05, 0.1) is 19.3 Å². The first-order valence-corrected chi connectivity index (χ1v) is 7.38. The summed E-state index contributed by atoms with van der Waals surface area (Å²) in [5, 5.41) is 6.68. The molecule has 0 amide bonds. The molecule has 1 aliphatic carbocycles. The van der Waals surface area contributed by atoms with Crippen molar-refractivity contribution in [2.75, 3.05) is 17.7 Å². The molecular weight excluding hydrogens is 278 g/mol. The van der Waals surface area contributed by atoms with E-state index in [0.717, 1.165) is 35.2 Å². The second kappa shape index (κ2) is 5.29. The van der Waals surface area contributed by atoms with Crippen LogP contribution in [0.1, 0.15) is 24.0 Å². The molecule has 1 saturated carbocycles. The molecule has 6 nitrogen and oxygen atoms in total. The normalized spacial score (nSPS) is 15.5. The van der Waals surface area contributed by atoms with Crippen LogP contribution >= 0.6 is 0 Å². The summed E-state index contributed by atoms with van der Waals surface area (Å²) in [6, 6.07) is 6.54. The molecule has 0 unspecified atom stereocenters. The summed E-state index contributed by atoms with van der Waals surface area (Å²) in [5.41, 5.74) is 3.18. The monoisotopic (exact) mass is 295 g/mol. The topological polar surface area (TPSA) is 71.4 Å². The lowest BCUT2D eigenvalue weighted by Crippen LogP contribution is -2.05. The van der Waals surface area contributed by atoms with Crippen LogP contribution in [0.5, 0.6) is 5.75 Å². The fraction of sp³-hybridized carbons (Fsp3) is 0.312. The molecule has 0 atom stereocenters. The molecule has 1 aliphatic heterocycles. The van der Waals surface area contributed by atoms with Crippen LogP contribution in [0.2, 0.25) is 0 Å². The highest BCUT2D eigenvalue weighted by Crippen LogP contribution is 2.32. The van der Waals surface area contributed by atoms with Crippen LogP contribution in [0.4, 0.5) is 17.3 Å². The number of methoxy groups -OCH3 is 1. The second-order valence-electron chi connectivity index (χ2n) is 5.55. The Labute approximate surface area is 128 Å². The summed E-state index contributed by atoms with van der Waals surface area (Å²) in [4.78, 5) is 12.8. The molecule has 22 heavy (non-hydrogen) atoms. The lowest BCUT2D eigenvalue weighted by molar-refractivity contribution is 0.416. The summed E-state index contributed by atoms with van der Waals surface area (Å²) in [6.07, 6.45) is 5.88. The first kappa shape index (κ1) is 13.1. The van der Waals surface area contributed by atoms with Gasteiger partial charge in [-0.3, -0.25) is 4.99 Å². The highest BCUT2D eigenvalue weighted by Gasteiger charge is 2.21. The summed E-state index contributed by atoms with van der Waals surface area (Å²) in [5.74, 6) is 2.38. The molecule has 0 spiro atoms. The Morgan fingerprint density at radius 2 is 2.00 bits per heavy atom. The number of aliphatic imine (C=N–C) groups is 1. The van der Waals surface area contributed by atoms with Crippen LogP contribution in [-0.2, 0) is 6.54 Å². The fourth-order valence-corrected chi connectivity index (χ4v) is 2.48. The summed E-state index contributed by atoms with van der Waals surface area (Å²) >= 11 is 0. The highest BCUT2D eigenvalue weighted by atomic mass is 16.5. The van der Waals surface area contributed by atoms with Crippen LogP contribution in [0.25, 0.3) is 0 Å². The maximum Gasteiger partial charge on any atom is 0.142 e. The van der Waals surface area contributed by atoms with Crippen molar-refractivity contribution in [3.05, 3.63) is 35.7 Å². The Morgan fingerprint density at radius 3 is 2.82 bits per heavy atom. The zero-order valence-electron chi connectivity index (χ0n) is 12.3. The van der Waals surface area contributed by atoms with Crippen LogP contribution in [0.3, 0.4) is 0 Å². The number of aromatic nitrogens is 2. The molecule has 0 saturated heterocycles. The van der Waals surface area contributed by atoms with Crippen molar-refractivity contribution in [1.82, 2.24) is 9.97 Å². The average molecular weight is 295 g/mol. The molecule has 2 N–H and O–H groups in total. The van der Waals surface area contributed by atoms with Gasteiger partial charge in [-0.25, -0.2) is 9.97 Å². The SMILES string of the molecule is COc1cc2c(cc1Nc1cc(NC3CC3)ncn1)C=NC2. The van der Waals surface area contributed by atoms with E-state index < -0.39 is 0 Å². The molecule has 2 aliphatic rings. The number of hydrogen-bond donors (Lipinski definition) is 2. The van der Waals surface area contributed by atoms with Crippen molar-refractivity contribution in [3.63, 3.8) is 0 Å². The van der Waals surface area contributed by atoms with Crippen LogP contribution in [0, 0.1) is 0 Å². The van der Waals surface area contributed by atoms with E-state index in [1.165, 1.54) is 18.4 Å². The van der Waals surface area contributed by atoms with Crippen molar-refractivity contribution < 1.29 is 4.74 Å². The number of nitrogens with zero attached hydrogens (tertiary/aromatic N) is 3. The Balaban J connectivity index is 1.61. The third-order valence-corrected chi connectivity index (χ3v) is 3.81. The zero-order valence-corrected chi connectivity index (χ0v) is 12.3. The van der Waals surface area contributed by atoms with Gasteiger partial charge in [0.25, 0.3) is 0 Å². The Kier molecular flexibility index (Phi) is 3.14. The van der Waals surface area contributed by atoms with Gasteiger partial charge >= 0.3 is 0 Å². The molecular formula is C16H17N5O. The number of nitrogens with one attached hydrogen (secondary N) is 2. The molecule has 6 heteroatoms. The number of anilines is 3. The molecule has 112 valence electrons. The Morgan fingerprint density at radius 1 is 1.14 bits per heavy atom. The van der Waals surface area contributed by atoms with Gasteiger partial charge in [0.1, 0.15) is 23.7 Å². The first-order valence-electron chi connectivity index (χ1n) is 7.38. The minimum atomic E-state index is 0.563. The van der Waals surface area contributed by atoms with Gasteiger partial charge in [-0.15, -0.1) is 0 Å². The van der Waals surface area contributed by atoms with Gasteiger partial charge in [0, 0.05) is 18.3 Å². The van der Waals surface area contributed by atoms with Gasteiger partial charge < -0.3 is 15.4 Å². The summed E-state index contributed by atoms with van der Waals surface area (Å²) in [6.45, 7) is 0.717. The van der Waals surface area contributed by atoms with Crippen molar-refractivity contribution >= 4 is 23.5 Å². The van der Waals surface area contributed by atoms with Gasteiger partial charge in [0.15, 0.2) is 0 Å². The number of ether oxygens (including phenoxy) is 1. The van der Waals surface area contributed by atoms with Crippen molar-refractivity contribution in [3.8, 4) is 5.75 Å². The van der Waals surface area contributed by atoms with Gasteiger partial charge in [0.2, 0.25) is 0 Å². The maximum atomic E-state index is 5.47. The largest absolute Gasteiger partial charge is 0.495 e. The third kappa shape index (κ3) is 2.59. The number of fused-ring (bicyclic) bond motifs is 1. The van der Waals surface area contributed by atoms with Crippen molar-refractivity contribution in [1.29, 1.82) is 0 Å². The second-order valence-corrected chi connectivity index (χ2v) is 5.55. The Hall–Kier alpha value is -2.63. The maximum absolute atomic E-state index is 5.47. The van der Waals surface area contributed by atoms with E-state index in [0.29, 0.717) is 6.04 Å². The lowest BCUT2D eigenvalue weighted by atomic mass is 10.1. The Bertz CT molecular complexity index is 739. The predicted molar refractivity (Wildman–Crippen MR) is 86.3 cm³/mol. The predicted octanol–water partition coefficient (Wildman–Crippen LogP) is 2.74. The van der Waals surface area contributed by atoms with E-state index in [2.05, 4.69) is 25.6 Å². The van der Waals surface area contributed by atoms with Crippen LogP contribution < -0.4 is 15.4 Å². The number of benzene rings is 1. The van der Waals surface area contributed by atoms with E-state index in [1.54, 1.807) is 13.4 Å². The van der Waals surface area contributed by atoms with Gasteiger partial charge in [-0.1, -0.05) is 0 Å². The quantitative estimate of drug-likeness (QED) is 0.887. The fourth-order valence-electron chi connectivity index (χ4n) is 2.48.